The van der Waals surface area contributed by atoms with E-state index in [4.69, 9.17) is 0 Å². The zero-order valence-corrected chi connectivity index (χ0v) is 16.4. The molecule has 0 aromatic heterocycles. The van der Waals surface area contributed by atoms with Gasteiger partial charge in [0.25, 0.3) is 5.91 Å². The molecule has 0 aliphatic heterocycles. The highest BCUT2D eigenvalue weighted by molar-refractivity contribution is 14.1. The number of amides is 1. The fraction of sp³-hybridized carbons (Fsp3) is 0. The van der Waals surface area contributed by atoms with Crippen LogP contribution in [-0.4, -0.2) is 22.3 Å². The Morgan fingerprint density at radius 1 is 1.12 bits per heavy atom. The summed E-state index contributed by atoms with van der Waals surface area (Å²) in [7, 11) is 0. The van der Waals surface area contributed by atoms with Gasteiger partial charge in [-0.1, -0.05) is 40.2 Å². The number of nitrogens with one attached hydrogen (secondary N) is 1. The number of nitrogens with zero attached hydrogens (tertiary/aromatic N) is 1. The zero-order valence-electron chi connectivity index (χ0n) is 12.7. The summed E-state index contributed by atoms with van der Waals surface area (Å²) >= 11 is 5.34. The monoisotopic (exact) mass is 510 g/mol. The van der Waals surface area contributed by atoms with Crippen molar-refractivity contribution in [3.63, 3.8) is 0 Å². The van der Waals surface area contributed by atoms with E-state index in [0.717, 1.165) is 15.2 Å². The first kappa shape index (κ1) is 17.7. The summed E-state index contributed by atoms with van der Waals surface area (Å²) in [6.07, 6.45) is 1.35. The molecule has 0 saturated carbocycles. The maximum absolute atomic E-state index is 12.3. The second kappa shape index (κ2) is 7.40. The van der Waals surface area contributed by atoms with Crippen molar-refractivity contribution in [1.82, 2.24) is 5.43 Å². The van der Waals surface area contributed by atoms with E-state index in [1.54, 1.807) is 18.2 Å². The number of phenols is 2. The molecular formula is C18H12BrIN2O3. The van der Waals surface area contributed by atoms with Gasteiger partial charge in [-0.25, -0.2) is 5.43 Å². The van der Waals surface area contributed by atoms with Crippen molar-refractivity contribution < 1.29 is 15.0 Å². The lowest BCUT2D eigenvalue weighted by molar-refractivity contribution is 0.0952. The van der Waals surface area contributed by atoms with E-state index in [9.17, 15) is 15.0 Å². The van der Waals surface area contributed by atoms with Gasteiger partial charge in [-0.05, 0) is 57.6 Å². The summed E-state index contributed by atoms with van der Waals surface area (Å²) in [5.74, 6) is -0.578. The van der Waals surface area contributed by atoms with Gasteiger partial charge in [0.1, 0.15) is 11.5 Å². The first-order valence-electron chi connectivity index (χ1n) is 7.19. The van der Waals surface area contributed by atoms with Gasteiger partial charge >= 0.3 is 0 Å². The molecule has 0 unspecified atom stereocenters. The molecule has 126 valence electrons. The number of benzene rings is 3. The van der Waals surface area contributed by atoms with Crippen molar-refractivity contribution in [3.8, 4) is 11.5 Å². The Bertz CT molecular complexity index is 1010. The third kappa shape index (κ3) is 3.93. The lowest BCUT2D eigenvalue weighted by atomic mass is 10.1. The van der Waals surface area contributed by atoms with E-state index in [1.165, 1.54) is 12.3 Å². The number of rotatable bonds is 3. The number of carbonyl (C=O) groups is 1. The largest absolute Gasteiger partial charge is 0.507 e. The fourth-order valence-electron chi connectivity index (χ4n) is 2.32. The van der Waals surface area contributed by atoms with Crippen LogP contribution in [0.3, 0.4) is 0 Å². The van der Waals surface area contributed by atoms with Crippen LogP contribution in [0, 0.1) is 3.57 Å². The van der Waals surface area contributed by atoms with Crippen LogP contribution < -0.4 is 5.43 Å². The zero-order chi connectivity index (χ0) is 18.0. The molecular weight excluding hydrogens is 499 g/mol. The molecule has 7 heteroatoms. The summed E-state index contributed by atoms with van der Waals surface area (Å²) in [6, 6.07) is 14.0. The van der Waals surface area contributed by atoms with Crippen LogP contribution in [0.25, 0.3) is 10.8 Å². The Kier molecular flexibility index (Phi) is 5.24. The molecule has 0 fully saturated rings. The number of fused-ring (bicyclic) bond motifs is 1. The molecule has 3 N–H and O–H groups in total. The topological polar surface area (TPSA) is 81.9 Å². The van der Waals surface area contributed by atoms with Crippen molar-refractivity contribution in [1.29, 1.82) is 0 Å². The van der Waals surface area contributed by atoms with E-state index < -0.39 is 5.91 Å². The normalized spacial score (nSPS) is 11.1. The lowest BCUT2D eigenvalue weighted by Crippen LogP contribution is -2.17. The molecule has 0 saturated heterocycles. The van der Waals surface area contributed by atoms with E-state index in [-0.39, 0.29) is 17.1 Å². The first-order chi connectivity index (χ1) is 12.0. The Morgan fingerprint density at radius 2 is 1.80 bits per heavy atom. The highest BCUT2D eigenvalue weighted by Gasteiger charge is 2.12. The number of carbonyl (C=O) groups excluding carboxylic acids is 1. The molecule has 0 radical (unpaired) electrons. The van der Waals surface area contributed by atoms with Crippen LogP contribution >= 0.6 is 38.5 Å². The van der Waals surface area contributed by atoms with Crippen molar-refractivity contribution in [2.45, 2.75) is 0 Å². The summed E-state index contributed by atoms with van der Waals surface area (Å²) in [5, 5.41) is 25.6. The van der Waals surface area contributed by atoms with Gasteiger partial charge in [-0.3, -0.25) is 4.79 Å². The SMILES string of the molecule is O=C(N/N=C\c1cc(Br)cc(I)c1O)c1cc2ccccc2cc1O. The second-order valence-corrected chi connectivity index (χ2v) is 7.32. The van der Waals surface area contributed by atoms with Crippen LogP contribution in [-0.2, 0) is 0 Å². The summed E-state index contributed by atoms with van der Waals surface area (Å²) < 4.78 is 1.45. The molecule has 1 amide bonds. The number of phenolic OH excluding ortho intramolecular Hbond substituents is 2. The predicted molar refractivity (Wildman–Crippen MR) is 109 cm³/mol. The molecule has 0 heterocycles. The maximum Gasteiger partial charge on any atom is 0.275 e. The maximum atomic E-state index is 12.3. The molecule has 0 bridgehead atoms. The standard InChI is InChI=1S/C18H12BrIN2O3/c19-13-5-12(17(24)15(20)8-13)9-21-22-18(25)14-6-10-3-1-2-4-11(10)7-16(14)23/h1-9,23-24H,(H,22,25)/b21-9-. The molecule has 0 aliphatic carbocycles. The second-order valence-electron chi connectivity index (χ2n) is 5.24. The fourth-order valence-corrected chi connectivity index (χ4v) is 3.87. The average Bonchev–Trinajstić information content (AvgIpc) is 2.58. The number of halogens is 2. The summed E-state index contributed by atoms with van der Waals surface area (Å²) in [6.45, 7) is 0. The molecule has 3 rings (SSSR count). The van der Waals surface area contributed by atoms with Crippen molar-refractivity contribution in [3.05, 3.63) is 67.7 Å². The minimum atomic E-state index is -0.538. The minimum absolute atomic E-state index is 0.0790. The molecule has 5 nitrogen and oxygen atoms in total. The average molecular weight is 511 g/mol. The Morgan fingerprint density at radius 3 is 2.52 bits per heavy atom. The van der Waals surface area contributed by atoms with Gasteiger partial charge in [-0.2, -0.15) is 5.10 Å². The molecule has 3 aromatic rings. The molecule has 3 aromatic carbocycles. The van der Waals surface area contributed by atoms with Gasteiger partial charge in [0.05, 0.1) is 15.3 Å². The van der Waals surface area contributed by atoms with Gasteiger partial charge in [0, 0.05) is 10.0 Å². The first-order valence-corrected chi connectivity index (χ1v) is 9.06. The lowest BCUT2D eigenvalue weighted by Gasteiger charge is -2.06. The highest BCUT2D eigenvalue weighted by atomic mass is 127. The smallest absolute Gasteiger partial charge is 0.275 e. The van der Waals surface area contributed by atoms with Crippen LogP contribution in [0.1, 0.15) is 15.9 Å². The quantitative estimate of drug-likeness (QED) is 0.278. The van der Waals surface area contributed by atoms with Crippen molar-refractivity contribution in [2.24, 2.45) is 5.10 Å². The van der Waals surface area contributed by atoms with Crippen LogP contribution in [0.5, 0.6) is 11.5 Å². The van der Waals surface area contributed by atoms with E-state index in [0.29, 0.717) is 9.13 Å². The molecule has 0 aliphatic rings. The van der Waals surface area contributed by atoms with Crippen molar-refractivity contribution >= 4 is 61.4 Å². The summed E-state index contributed by atoms with van der Waals surface area (Å²) in [4.78, 5) is 12.3. The Labute approximate surface area is 165 Å². The predicted octanol–water partition coefficient (Wildman–Crippen LogP) is 4.38. The number of hydrogen-bond acceptors (Lipinski definition) is 4. The number of aromatic hydroxyl groups is 2. The van der Waals surface area contributed by atoms with Gasteiger partial charge in [0.15, 0.2) is 0 Å². The minimum Gasteiger partial charge on any atom is -0.507 e. The van der Waals surface area contributed by atoms with Crippen molar-refractivity contribution in [2.75, 3.05) is 0 Å². The molecule has 25 heavy (non-hydrogen) atoms. The summed E-state index contributed by atoms with van der Waals surface area (Å²) in [5.41, 5.74) is 2.95. The third-order valence-electron chi connectivity index (χ3n) is 3.54. The molecule has 0 atom stereocenters. The molecule has 0 spiro atoms. The Hall–Kier alpha value is -2.13. The van der Waals surface area contributed by atoms with Crippen LogP contribution in [0.2, 0.25) is 0 Å². The van der Waals surface area contributed by atoms with Gasteiger partial charge in [0.2, 0.25) is 0 Å². The van der Waals surface area contributed by atoms with E-state index >= 15 is 0 Å². The van der Waals surface area contributed by atoms with Gasteiger partial charge in [-0.15, -0.1) is 0 Å². The van der Waals surface area contributed by atoms with Gasteiger partial charge < -0.3 is 10.2 Å². The van der Waals surface area contributed by atoms with Crippen LogP contribution in [0.15, 0.2) is 58.1 Å². The highest BCUT2D eigenvalue weighted by Crippen LogP contribution is 2.27. The van der Waals surface area contributed by atoms with E-state index in [1.807, 2.05) is 46.9 Å². The van der Waals surface area contributed by atoms with Crippen LogP contribution in [0.4, 0.5) is 0 Å². The Balaban J connectivity index is 1.82. The van der Waals surface area contributed by atoms with E-state index in [2.05, 4.69) is 26.5 Å². The number of hydrogen-bond donors (Lipinski definition) is 3. The third-order valence-corrected chi connectivity index (χ3v) is 4.82. The number of hydrazone groups is 1.